The van der Waals surface area contributed by atoms with Gasteiger partial charge in [-0.3, -0.25) is 0 Å². The van der Waals surface area contributed by atoms with E-state index in [1.165, 1.54) is 0 Å². The number of nitrogen functional groups attached to an aromatic ring is 1. The molecule has 8 heteroatoms. The van der Waals surface area contributed by atoms with Crippen LogP contribution in [0.1, 0.15) is 12.5 Å². The lowest BCUT2D eigenvalue weighted by Crippen LogP contribution is -2.58. The van der Waals surface area contributed by atoms with Crippen LogP contribution in [0.5, 0.6) is 5.88 Å². The van der Waals surface area contributed by atoms with E-state index in [-0.39, 0.29) is 18.1 Å². The lowest BCUT2D eigenvalue weighted by Gasteiger charge is -2.35. The number of hydrogen-bond donors (Lipinski definition) is 2. The molecule has 3 N–H and O–H groups in total. The number of alkyl halides is 3. The zero-order chi connectivity index (χ0) is 12.6. The molecule has 0 spiro atoms. The molecule has 0 saturated carbocycles. The largest absolute Gasteiger partial charge is 0.471 e. The monoisotopic (exact) mass is 248 g/mol. The second-order valence-corrected chi connectivity index (χ2v) is 3.80. The fourth-order valence-corrected chi connectivity index (χ4v) is 1.40. The summed E-state index contributed by atoms with van der Waals surface area (Å²) < 4.78 is 43.1. The van der Waals surface area contributed by atoms with Gasteiger partial charge in [-0.2, -0.15) is 18.2 Å². The number of hydrogen-bond acceptors (Lipinski definition) is 5. The molecule has 2 rings (SSSR count). The normalized spacial score (nSPS) is 24.2. The fraction of sp³-hybridized carbons (Fsp3) is 0.556. The minimum Gasteiger partial charge on any atom is -0.471 e. The summed E-state index contributed by atoms with van der Waals surface area (Å²) in [6.45, 7) is 2.30. The van der Waals surface area contributed by atoms with Crippen molar-refractivity contribution in [3.63, 3.8) is 0 Å². The quantitative estimate of drug-likeness (QED) is 0.810. The smallest absolute Gasteiger partial charge is 0.423 e. The second kappa shape index (κ2) is 4.02. The third kappa shape index (κ3) is 2.41. The van der Waals surface area contributed by atoms with Crippen LogP contribution in [0.4, 0.5) is 19.1 Å². The highest BCUT2D eigenvalue weighted by molar-refractivity contribution is 5.32. The molecule has 1 aromatic heterocycles. The molecule has 5 nitrogen and oxygen atoms in total. The standard InChI is InChI=1S/C9H11F3N4O/c1-4-6(3-14-4)17-7-5(9(10,11)12)2-15-8(13)16-7/h2,4,6,14H,3H2,1H3,(H2,13,15,16). The number of rotatable bonds is 2. The minimum atomic E-state index is -4.55. The fourth-order valence-electron chi connectivity index (χ4n) is 1.40. The van der Waals surface area contributed by atoms with Gasteiger partial charge in [-0.1, -0.05) is 0 Å². The van der Waals surface area contributed by atoms with Crippen molar-refractivity contribution in [2.75, 3.05) is 12.3 Å². The molecule has 0 amide bonds. The molecule has 1 aromatic rings. The number of halogens is 3. The Morgan fingerprint density at radius 2 is 2.24 bits per heavy atom. The molecule has 0 aliphatic carbocycles. The van der Waals surface area contributed by atoms with E-state index in [1.807, 2.05) is 6.92 Å². The average molecular weight is 248 g/mol. The van der Waals surface area contributed by atoms with Crippen LogP contribution in [0.25, 0.3) is 0 Å². The van der Waals surface area contributed by atoms with E-state index < -0.39 is 17.6 Å². The molecule has 2 heterocycles. The van der Waals surface area contributed by atoms with Crippen LogP contribution in [0.2, 0.25) is 0 Å². The molecule has 0 radical (unpaired) electrons. The zero-order valence-corrected chi connectivity index (χ0v) is 8.95. The summed E-state index contributed by atoms with van der Waals surface area (Å²) in [4.78, 5) is 6.82. The van der Waals surface area contributed by atoms with Gasteiger partial charge in [0.25, 0.3) is 0 Å². The molecule has 2 atom stereocenters. The molecule has 1 aliphatic heterocycles. The maximum Gasteiger partial charge on any atom is 0.423 e. The summed E-state index contributed by atoms with van der Waals surface area (Å²) >= 11 is 0. The number of nitrogens with zero attached hydrogens (tertiary/aromatic N) is 2. The van der Waals surface area contributed by atoms with Gasteiger partial charge in [0.15, 0.2) is 0 Å². The van der Waals surface area contributed by atoms with E-state index in [1.54, 1.807) is 0 Å². The van der Waals surface area contributed by atoms with Crippen LogP contribution >= 0.6 is 0 Å². The predicted octanol–water partition coefficient (Wildman–Crippen LogP) is 0.817. The molecule has 1 saturated heterocycles. The van der Waals surface area contributed by atoms with Crippen LogP contribution in [0.3, 0.4) is 0 Å². The lowest BCUT2D eigenvalue weighted by atomic mass is 10.1. The van der Waals surface area contributed by atoms with Crippen LogP contribution < -0.4 is 15.8 Å². The van der Waals surface area contributed by atoms with Gasteiger partial charge in [0.1, 0.15) is 11.7 Å². The van der Waals surface area contributed by atoms with Gasteiger partial charge < -0.3 is 15.8 Å². The molecular weight excluding hydrogens is 237 g/mol. The van der Waals surface area contributed by atoms with Gasteiger partial charge in [0.2, 0.25) is 11.8 Å². The highest BCUT2D eigenvalue weighted by Gasteiger charge is 2.38. The third-order valence-electron chi connectivity index (χ3n) is 2.54. The molecule has 94 valence electrons. The molecule has 1 aliphatic rings. The zero-order valence-electron chi connectivity index (χ0n) is 8.95. The summed E-state index contributed by atoms with van der Waals surface area (Å²) in [5.74, 6) is -0.753. The third-order valence-corrected chi connectivity index (χ3v) is 2.54. The van der Waals surface area contributed by atoms with Gasteiger partial charge in [0.05, 0.1) is 0 Å². The Hall–Kier alpha value is -1.57. The highest BCUT2D eigenvalue weighted by atomic mass is 19.4. The summed E-state index contributed by atoms with van der Waals surface area (Å²) in [6, 6.07) is -0.00715. The van der Waals surface area contributed by atoms with Crippen molar-refractivity contribution in [3.05, 3.63) is 11.8 Å². The van der Waals surface area contributed by atoms with Crippen molar-refractivity contribution in [2.24, 2.45) is 0 Å². The van der Waals surface area contributed by atoms with Gasteiger partial charge in [-0.15, -0.1) is 0 Å². The van der Waals surface area contributed by atoms with Gasteiger partial charge in [-0.25, -0.2) is 4.98 Å². The van der Waals surface area contributed by atoms with E-state index in [2.05, 4.69) is 15.3 Å². The Bertz CT molecular complexity index is 423. The predicted molar refractivity (Wildman–Crippen MR) is 53.3 cm³/mol. The number of nitrogens with one attached hydrogen (secondary N) is 1. The average Bonchev–Trinajstić information content (AvgIpc) is 2.22. The van der Waals surface area contributed by atoms with Crippen LogP contribution in [-0.2, 0) is 6.18 Å². The highest BCUT2D eigenvalue weighted by Crippen LogP contribution is 2.35. The minimum absolute atomic E-state index is 0.00715. The summed E-state index contributed by atoms with van der Waals surface area (Å²) in [5.41, 5.74) is 4.25. The van der Waals surface area contributed by atoms with E-state index in [4.69, 9.17) is 10.5 Å². The summed E-state index contributed by atoms with van der Waals surface area (Å²) in [7, 11) is 0. The van der Waals surface area contributed by atoms with Crippen LogP contribution in [0, 0.1) is 0 Å². The number of aromatic nitrogens is 2. The van der Waals surface area contributed by atoms with Crippen molar-refractivity contribution in [1.29, 1.82) is 0 Å². The van der Waals surface area contributed by atoms with Crippen molar-refractivity contribution in [1.82, 2.24) is 15.3 Å². The molecular formula is C9H11F3N4O. The van der Waals surface area contributed by atoms with Crippen molar-refractivity contribution in [3.8, 4) is 5.88 Å². The van der Waals surface area contributed by atoms with Crippen molar-refractivity contribution in [2.45, 2.75) is 25.2 Å². The molecule has 0 bridgehead atoms. The number of anilines is 1. The first-order chi connectivity index (χ1) is 7.88. The number of ether oxygens (including phenoxy) is 1. The molecule has 0 aromatic carbocycles. The lowest BCUT2D eigenvalue weighted by molar-refractivity contribution is -0.140. The molecule has 2 unspecified atom stereocenters. The van der Waals surface area contributed by atoms with Gasteiger partial charge in [-0.05, 0) is 6.92 Å². The topological polar surface area (TPSA) is 73.1 Å². The van der Waals surface area contributed by atoms with Crippen LogP contribution in [-0.4, -0.2) is 28.7 Å². The SMILES string of the molecule is CC1NCC1Oc1nc(N)ncc1C(F)(F)F. The van der Waals surface area contributed by atoms with E-state index >= 15 is 0 Å². The second-order valence-electron chi connectivity index (χ2n) is 3.80. The Balaban J connectivity index is 2.27. The maximum absolute atomic E-state index is 12.6. The first kappa shape index (κ1) is 11.9. The summed E-state index contributed by atoms with van der Waals surface area (Å²) in [5, 5.41) is 2.97. The summed E-state index contributed by atoms with van der Waals surface area (Å²) in [6.07, 6.45) is -4.25. The Kier molecular flexibility index (Phi) is 2.82. The van der Waals surface area contributed by atoms with Gasteiger partial charge >= 0.3 is 6.18 Å². The van der Waals surface area contributed by atoms with Crippen molar-refractivity contribution >= 4 is 5.95 Å². The van der Waals surface area contributed by atoms with E-state index in [0.29, 0.717) is 12.7 Å². The van der Waals surface area contributed by atoms with Gasteiger partial charge in [0, 0.05) is 18.8 Å². The van der Waals surface area contributed by atoms with Crippen molar-refractivity contribution < 1.29 is 17.9 Å². The first-order valence-corrected chi connectivity index (χ1v) is 4.97. The van der Waals surface area contributed by atoms with Crippen LogP contribution in [0.15, 0.2) is 6.20 Å². The maximum atomic E-state index is 12.6. The molecule has 17 heavy (non-hydrogen) atoms. The molecule has 1 fully saturated rings. The Morgan fingerprint density at radius 1 is 1.53 bits per heavy atom. The number of nitrogens with two attached hydrogens (primary N) is 1. The van der Waals surface area contributed by atoms with E-state index in [0.717, 1.165) is 0 Å². The Morgan fingerprint density at radius 3 is 2.71 bits per heavy atom. The Labute approximate surface area is 95.2 Å². The first-order valence-electron chi connectivity index (χ1n) is 4.97. The van der Waals surface area contributed by atoms with E-state index in [9.17, 15) is 13.2 Å².